The molecule has 5 rings (SSSR count). The number of rotatable bonds is 5. The molecule has 9 heteroatoms. The van der Waals surface area contributed by atoms with Gasteiger partial charge < -0.3 is 19.7 Å². The van der Waals surface area contributed by atoms with Gasteiger partial charge in [-0.1, -0.05) is 0 Å². The van der Waals surface area contributed by atoms with Crippen LogP contribution in [0, 0.1) is 11.6 Å². The number of H-pyrrole nitrogens is 1. The number of methoxy groups -OCH3 is 1. The van der Waals surface area contributed by atoms with Crippen LogP contribution in [0.25, 0.3) is 22.2 Å². The molecule has 7 nitrogen and oxygen atoms in total. The van der Waals surface area contributed by atoms with E-state index in [0.29, 0.717) is 42.0 Å². The average molecular weight is 456 g/mol. The molecule has 1 amide bonds. The third-order valence-electron chi connectivity index (χ3n) is 6.66. The molecule has 3 aromatic rings. The lowest BCUT2D eigenvalue weighted by Crippen LogP contribution is -2.56. The molecule has 0 unspecified atom stereocenters. The van der Waals surface area contributed by atoms with Gasteiger partial charge in [-0.3, -0.25) is 9.69 Å². The Kier molecular flexibility index (Phi) is 5.76. The molecule has 2 aromatic heterocycles. The first-order valence-corrected chi connectivity index (χ1v) is 11.1. The van der Waals surface area contributed by atoms with Gasteiger partial charge in [0.05, 0.1) is 26.0 Å². The van der Waals surface area contributed by atoms with Crippen molar-refractivity contribution in [3.05, 3.63) is 47.8 Å². The van der Waals surface area contributed by atoms with Gasteiger partial charge in [-0.05, 0) is 50.2 Å². The summed E-state index contributed by atoms with van der Waals surface area (Å²) >= 11 is 0. The first kappa shape index (κ1) is 21.8. The Hall–Kier alpha value is -3.04. The van der Waals surface area contributed by atoms with Crippen LogP contribution < -0.4 is 4.74 Å². The smallest absolute Gasteiger partial charge is 0.236 e. The number of nitrogens with zero attached hydrogens (tertiary/aromatic N) is 3. The fraction of sp³-hybridized carbons (Fsp3) is 0.417. The summed E-state index contributed by atoms with van der Waals surface area (Å²) in [5.74, 6) is -0.348. The molecule has 2 saturated heterocycles. The number of carbonyl (C=O) groups excluding carboxylic acids is 1. The van der Waals surface area contributed by atoms with Crippen LogP contribution in [0.3, 0.4) is 0 Å². The molecular weight excluding hydrogens is 430 g/mol. The summed E-state index contributed by atoms with van der Waals surface area (Å²) in [4.78, 5) is 23.6. The second-order valence-corrected chi connectivity index (χ2v) is 8.82. The minimum absolute atomic E-state index is 0.0534. The van der Waals surface area contributed by atoms with E-state index >= 15 is 0 Å². The molecule has 1 aromatic carbocycles. The predicted molar refractivity (Wildman–Crippen MR) is 119 cm³/mol. The van der Waals surface area contributed by atoms with Crippen LogP contribution in [-0.4, -0.2) is 76.7 Å². The number of aromatic nitrogens is 2. The summed E-state index contributed by atoms with van der Waals surface area (Å²) in [6.07, 6.45) is 2.45. The van der Waals surface area contributed by atoms with Crippen molar-refractivity contribution in [2.24, 2.45) is 0 Å². The summed E-state index contributed by atoms with van der Waals surface area (Å²) in [6, 6.07) is 5.94. The number of hydrogen-bond acceptors (Lipinski definition) is 5. The zero-order chi connectivity index (χ0) is 23.1. The second-order valence-electron chi connectivity index (χ2n) is 8.82. The highest BCUT2D eigenvalue weighted by molar-refractivity contribution is 5.95. The lowest BCUT2D eigenvalue weighted by Gasteiger charge is -2.38. The molecule has 0 saturated carbocycles. The van der Waals surface area contributed by atoms with Gasteiger partial charge >= 0.3 is 0 Å². The number of likely N-dealkylation sites (tertiary alicyclic amines) is 2. The van der Waals surface area contributed by atoms with Gasteiger partial charge in [-0.15, -0.1) is 0 Å². The zero-order valence-corrected chi connectivity index (χ0v) is 18.4. The van der Waals surface area contributed by atoms with Crippen molar-refractivity contribution < 1.29 is 23.4 Å². The Bertz CT molecular complexity index is 1180. The number of benzene rings is 1. The van der Waals surface area contributed by atoms with Gasteiger partial charge in [-0.25, -0.2) is 13.8 Å². The van der Waals surface area contributed by atoms with Crippen molar-refractivity contribution in [1.82, 2.24) is 19.8 Å². The summed E-state index contributed by atoms with van der Waals surface area (Å²) in [5, 5.41) is 9.97. The molecule has 0 aliphatic carbocycles. The van der Waals surface area contributed by atoms with E-state index in [4.69, 9.17) is 4.74 Å². The molecule has 2 aliphatic heterocycles. The maximum Gasteiger partial charge on any atom is 0.236 e. The molecule has 0 radical (unpaired) electrons. The average Bonchev–Trinajstić information content (AvgIpc) is 3.21. The second kappa shape index (κ2) is 8.72. The first-order chi connectivity index (χ1) is 15.9. The van der Waals surface area contributed by atoms with E-state index in [-0.39, 0.29) is 17.4 Å². The van der Waals surface area contributed by atoms with E-state index in [1.54, 1.807) is 4.90 Å². The van der Waals surface area contributed by atoms with Crippen LogP contribution >= 0.6 is 0 Å². The molecule has 2 aliphatic rings. The van der Waals surface area contributed by atoms with E-state index in [1.165, 1.54) is 25.3 Å². The van der Waals surface area contributed by atoms with Crippen LogP contribution in [0.1, 0.15) is 24.5 Å². The van der Waals surface area contributed by atoms with Crippen LogP contribution in [0.5, 0.6) is 5.75 Å². The van der Waals surface area contributed by atoms with Crippen molar-refractivity contribution in [3.8, 4) is 16.9 Å². The molecule has 0 bridgehead atoms. The summed E-state index contributed by atoms with van der Waals surface area (Å²) in [7, 11) is 1.47. The van der Waals surface area contributed by atoms with Crippen molar-refractivity contribution in [2.45, 2.75) is 24.9 Å². The van der Waals surface area contributed by atoms with E-state index in [1.807, 2.05) is 6.07 Å². The van der Waals surface area contributed by atoms with E-state index in [9.17, 15) is 18.7 Å². The Balaban J connectivity index is 1.35. The standard InChI is InChI=1S/C24H26F2N4O3/c1-33-21-3-2-15(25)8-17(21)23-18-9-20(28-24(18)27-10-19(23)26)14-4-6-29(7-5-14)13-22(32)30-11-16(31)12-30/h2-3,8-10,14,16,31H,4-7,11-13H2,1H3,(H,27,28). The highest BCUT2D eigenvalue weighted by Gasteiger charge is 2.31. The molecule has 0 spiro atoms. The number of ether oxygens (including phenoxy) is 1. The van der Waals surface area contributed by atoms with Crippen LogP contribution in [0.2, 0.25) is 0 Å². The van der Waals surface area contributed by atoms with Crippen molar-refractivity contribution in [1.29, 1.82) is 0 Å². The molecule has 4 heterocycles. The number of hydrogen-bond donors (Lipinski definition) is 2. The van der Waals surface area contributed by atoms with E-state index in [2.05, 4.69) is 14.9 Å². The largest absolute Gasteiger partial charge is 0.496 e. The van der Waals surface area contributed by atoms with Crippen molar-refractivity contribution in [2.75, 3.05) is 39.8 Å². The number of amides is 1. The SMILES string of the molecule is COc1ccc(F)cc1-c1c(F)cnc2[nH]c(C3CCN(CC(=O)N4CC(O)C4)CC3)cc12. The number of piperidine rings is 1. The number of aliphatic hydroxyl groups is 1. The van der Waals surface area contributed by atoms with Crippen LogP contribution in [0.4, 0.5) is 8.78 Å². The Morgan fingerprint density at radius 1 is 1.24 bits per heavy atom. The molecule has 33 heavy (non-hydrogen) atoms. The lowest BCUT2D eigenvalue weighted by molar-refractivity contribution is -0.142. The Morgan fingerprint density at radius 3 is 2.70 bits per heavy atom. The number of nitrogens with one attached hydrogen (secondary N) is 1. The third kappa shape index (κ3) is 4.18. The first-order valence-electron chi connectivity index (χ1n) is 11.1. The molecule has 0 atom stereocenters. The summed E-state index contributed by atoms with van der Waals surface area (Å²) < 4.78 is 34.2. The minimum atomic E-state index is -0.540. The number of β-amino-alcohol motifs (C(OH)–C–C–N with tert-alkyl or cyclic N) is 1. The molecule has 2 fully saturated rings. The number of aliphatic hydroxyl groups excluding tert-OH is 1. The summed E-state index contributed by atoms with van der Waals surface area (Å²) in [6.45, 7) is 2.75. The molecular formula is C24H26F2N4O3. The minimum Gasteiger partial charge on any atom is -0.496 e. The zero-order valence-electron chi connectivity index (χ0n) is 18.4. The van der Waals surface area contributed by atoms with Crippen LogP contribution in [-0.2, 0) is 4.79 Å². The number of fused-ring (bicyclic) bond motifs is 1. The Morgan fingerprint density at radius 2 is 2.00 bits per heavy atom. The quantitative estimate of drug-likeness (QED) is 0.617. The number of carbonyl (C=O) groups is 1. The molecule has 174 valence electrons. The highest BCUT2D eigenvalue weighted by Crippen LogP contribution is 2.39. The number of halogens is 2. The van der Waals surface area contributed by atoms with Crippen molar-refractivity contribution in [3.63, 3.8) is 0 Å². The molecule has 2 N–H and O–H groups in total. The van der Waals surface area contributed by atoms with Gasteiger partial charge in [0.2, 0.25) is 5.91 Å². The highest BCUT2D eigenvalue weighted by atomic mass is 19.1. The van der Waals surface area contributed by atoms with Gasteiger partial charge in [0.25, 0.3) is 0 Å². The van der Waals surface area contributed by atoms with Gasteiger partial charge in [0, 0.05) is 41.2 Å². The van der Waals surface area contributed by atoms with Gasteiger partial charge in [0.15, 0.2) is 0 Å². The maximum atomic E-state index is 14.9. The summed E-state index contributed by atoms with van der Waals surface area (Å²) in [5.41, 5.74) is 2.11. The topological polar surface area (TPSA) is 81.7 Å². The third-order valence-corrected chi connectivity index (χ3v) is 6.66. The van der Waals surface area contributed by atoms with Crippen molar-refractivity contribution >= 4 is 16.9 Å². The van der Waals surface area contributed by atoms with E-state index < -0.39 is 17.7 Å². The normalized spacial score (nSPS) is 18.0. The fourth-order valence-electron chi connectivity index (χ4n) is 4.79. The fourth-order valence-corrected chi connectivity index (χ4v) is 4.79. The number of aromatic amines is 1. The number of pyridine rings is 1. The van der Waals surface area contributed by atoms with E-state index in [0.717, 1.165) is 37.8 Å². The van der Waals surface area contributed by atoms with Gasteiger partial charge in [-0.2, -0.15) is 0 Å². The Labute approximate surface area is 190 Å². The predicted octanol–water partition coefficient (Wildman–Crippen LogP) is 2.90. The maximum absolute atomic E-state index is 14.9. The van der Waals surface area contributed by atoms with Gasteiger partial charge in [0.1, 0.15) is 23.0 Å². The monoisotopic (exact) mass is 456 g/mol. The lowest BCUT2D eigenvalue weighted by atomic mass is 9.93. The van der Waals surface area contributed by atoms with Crippen LogP contribution in [0.15, 0.2) is 30.5 Å².